The summed E-state index contributed by atoms with van der Waals surface area (Å²) in [5.41, 5.74) is 0.608. The first kappa shape index (κ1) is 10.9. The topological polar surface area (TPSA) is 29.5 Å². The van der Waals surface area contributed by atoms with Crippen molar-refractivity contribution in [2.45, 2.75) is 44.2 Å². The third-order valence-electron chi connectivity index (χ3n) is 6.79. The van der Waals surface area contributed by atoms with Crippen molar-refractivity contribution in [3.05, 3.63) is 12.2 Å². The fraction of sp³-hybridized carbons (Fsp3) is 0.812. The van der Waals surface area contributed by atoms with Crippen molar-refractivity contribution in [1.29, 1.82) is 0 Å². The lowest BCUT2D eigenvalue weighted by Crippen LogP contribution is -2.63. The Bertz CT molecular complexity index is 501. The molecule has 3 heteroatoms. The van der Waals surface area contributed by atoms with Crippen molar-refractivity contribution in [2.75, 3.05) is 13.1 Å². The van der Waals surface area contributed by atoms with Crippen LogP contribution >= 0.6 is 0 Å². The highest BCUT2D eigenvalue weighted by Gasteiger charge is 2.81. The van der Waals surface area contributed by atoms with E-state index in [9.17, 15) is 4.79 Å². The maximum atomic E-state index is 12.2. The van der Waals surface area contributed by atoms with Gasteiger partial charge in [-0.15, -0.1) is 0 Å². The lowest BCUT2D eigenvalue weighted by molar-refractivity contribution is -0.154. The Morgan fingerprint density at radius 1 is 1.37 bits per heavy atom. The van der Waals surface area contributed by atoms with Crippen LogP contribution in [0.1, 0.15) is 32.6 Å². The van der Waals surface area contributed by atoms with Crippen LogP contribution in [0, 0.1) is 23.2 Å². The van der Waals surface area contributed by atoms with Crippen molar-refractivity contribution < 1.29 is 9.53 Å². The van der Waals surface area contributed by atoms with Gasteiger partial charge in [-0.3, -0.25) is 9.69 Å². The van der Waals surface area contributed by atoms with Gasteiger partial charge >= 0.3 is 5.97 Å². The monoisotopic (exact) mass is 259 g/mol. The van der Waals surface area contributed by atoms with Crippen LogP contribution in [-0.4, -0.2) is 35.6 Å². The minimum absolute atomic E-state index is 0.0591. The molecular formula is C16H21NO2. The zero-order valence-corrected chi connectivity index (χ0v) is 11.5. The largest absolute Gasteiger partial charge is 0.461 e. The predicted molar refractivity (Wildman–Crippen MR) is 70.4 cm³/mol. The summed E-state index contributed by atoms with van der Waals surface area (Å²) in [4.78, 5) is 14.9. The molecule has 4 fully saturated rings. The van der Waals surface area contributed by atoms with Gasteiger partial charge in [0.2, 0.25) is 0 Å². The second-order valence-corrected chi connectivity index (χ2v) is 7.38. The fourth-order valence-electron chi connectivity index (χ4n) is 6.16. The van der Waals surface area contributed by atoms with Gasteiger partial charge < -0.3 is 4.74 Å². The molecule has 2 aliphatic carbocycles. The SMILES string of the molecule is C[C@@H]1C[C@@]23[C@@H]4CCCN2CC=C[C@]32CC2[C@H]4OC1=O. The van der Waals surface area contributed by atoms with Gasteiger partial charge in [0.15, 0.2) is 0 Å². The predicted octanol–water partition coefficient (Wildman–Crippen LogP) is 1.98. The lowest BCUT2D eigenvalue weighted by atomic mass is 9.64. The van der Waals surface area contributed by atoms with Crippen LogP contribution < -0.4 is 0 Å². The van der Waals surface area contributed by atoms with E-state index in [0.29, 0.717) is 17.3 Å². The molecule has 0 aromatic carbocycles. The van der Waals surface area contributed by atoms with Gasteiger partial charge in [-0.05, 0) is 32.2 Å². The molecule has 3 nitrogen and oxygen atoms in total. The summed E-state index contributed by atoms with van der Waals surface area (Å²) in [6.45, 7) is 4.36. The molecule has 2 saturated heterocycles. The Balaban J connectivity index is 1.73. The standard InChI is InChI=1S/C16H21NO2/c1-10-8-16-11-4-2-6-17(16)7-3-5-15(16)9-12(15)13(11)19-14(10)18/h3,5,10-13H,2,4,6-9H2,1H3/t10-,11-,12?,13+,15-,16+/m1/s1. The second-order valence-electron chi connectivity index (χ2n) is 7.38. The number of esters is 1. The molecule has 5 rings (SSSR count). The molecule has 0 aromatic heterocycles. The van der Waals surface area contributed by atoms with Crippen molar-refractivity contribution in [2.24, 2.45) is 23.2 Å². The van der Waals surface area contributed by atoms with Crippen molar-refractivity contribution in [3.63, 3.8) is 0 Å². The number of carbonyl (C=O) groups is 1. The first-order valence-corrected chi connectivity index (χ1v) is 7.82. The molecular weight excluding hydrogens is 238 g/mol. The van der Waals surface area contributed by atoms with Crippen LogP contribution in [0.15, 0.2) is 12.2 Å². The van der Waals surface area contributed by atoms with E-state index in [4.69, 9.17) is 4.74 Å². The number of fused-ring (bicyclic) bond motifs is 1. The zero-order chi connectivity index (χ0) is 12.8. The minimum atomic E-state index is 0.0591. The van der Waals surface area contributed by atoms with Gasteiger partial charge in [-0.25, -0.2) is 0 Å². The number of ether oxygens (including phenoxy) is 1. The Labute approximate surface area is 114 Å². The summed E-state index contributed by atoms with van der Waals surface area (Å²) >= 11 is 0. The normalized spacial score (nSPS) is 58.1. The van der Waals surface area contributed by atoms with Gasteiger partial charge in [0.05, 0.1) is 5.92 Å². The van der Waals surface area contributed by atoms with E-state index < -0.39 is 0 Å². The molecule has 3 heterocycles. The van der Waals surface area contributed by atoms with Crippen molar-refractivity contribution in [1.82, 2.24) is 4.90 Å². The van der Waals surface area contributed by atoms with Crippen LogP contribution in [0.25, 0.3) is 0 Å². The number of hydrogen-bond acceptors (Lipinski definition) is 3. The van der Waals surface area contributed by atoms with E-state index in [2.05, 4.69) is 24.0 Å². The highest BCUT2D eigenvalue weighted by molar-refractivity contribution is 5.73. The quantitative estimate of drug-likeness (QED) is 0.492. The van der Waals surface area contributed by atoms with Crippen LogP contribution in [0.2, 0.25) is 0 Å². The van der Waals surface area contributed by atoms with Gasteiger partial charge in [0.25, 0.3) is 0 Å². The average molecular weight is 259 g/mol. The fourth-order valence-corrected chi connectivity index (χ4v) is 6.16. The summed E-state index contributed by atoms with van der Waals surface area (Å²) in [5.74, 6) is 1.34. The van der Waals surface area contributed by atoms with Crippen LogP contribution in [-0.2, 0) is 9.53 Å². The Morgan fingerprint density at radius 3 is 3.16 bits per heavy atom. The molecule has 6 atom stereocenters. The number of nitrogens with zero attached hydrogens (tertiary/aromatic N) is 1. The summed E-state index contributed by atoms with van der Waals surface area (Å²) in [6, 6.07) is 0. The second kappa shape index (κ2) is 3.08. The van der Waals surface area contributed by atoms with Gasteiger partial charge in [-0.1, -0.05) is 19.1 Å². The number of hydrogen-bond donors (Lipinski definition) is 0. The average Bonchev–Trinajstić information content (AvgIpc) is 3.07. The van der Waals surface area contributed by atoms with Crippen molar-refractivity contribution in [3.8, 4) is 0 Å². The van der Waals surface area contributed by atoms with Crippen LogP contribution in [0.4, 0.5) is 0 Å². The number of piperidine rings is 1. The summed E-state index contributed by atoms with van der Waals surface area (Å²) < 4.78 is 5.94. The molecule has 5 aliphatic rings. The van der Waals surface area contributed by atoms with E-state index in [-0.39, 0.29) is 23.5 Å². The first-order valence-electron chi connectivity index (χ1n) is 7.82. The molecule has 3 aliphatic heterocycles. The summed E-state index contributed by atoms with van der Waals surface area (Å²) in [5, 5.41) is 0. The Kier molecular flexibility index (Phi) is 1.77. The van der Waals surface area contributed by atoms with Crippen LogP contribution in [0.3, 0.4) is 0 Å². The molecule has 0 aromatic rings. The Morgan fingerprint density at radius 2 is 2.26 bits per heavy atom. The van der Waals surface area contributed by atoms with Gasteiger partial charge in [0.1, 0.15) is 6.10 Å². The van der Waals surface area contributed by atoms with E-state index in [1.54, 1.807) is 0 Å². The maximum Gasteiger partial charge on any atom is 0.309 e. The van der Waals surface area contributed by atoms with Crippen molar-refractivity contribution >= 4 is 5.97 Å². The molecule has 2 saturated carbocycles. The smallest absolute Gasteiger partial charge is 0.309 e. The van der Waals surface area contributed by atoms with Gasteiger partial charge in [0, 0.05) is 29.3 Å². The highest BCUT2D eigenvalue weighted by atomic mass is 16.5. The molecule has 2 spiro atoms. The molecule has 0 N–H and O–H groups in total. The Hall–Kier alpha value is -0.830. The summed E-state index contributed by atoms with van der Waals surface area (Å²) in [7, 11) is 0. The van der Waals surface area contributed by atoms with E-state index in [0.717, 1.165) is 13.0 Å². The van der Waals surface area contributed by atoms with Gasteiger partial charge in [-0.2, -0.15) is 0 Å². The van der Waals surface area contributed by atoms with Crippen LogP contribution in [0.5, 0.6) is 0 Å². The third kappa shape index (κ3) is 0.990. The third-order valence-corrected chi connectivity index (χ3v) is 6.79. The van der Waals surface area contributed by atoms with E-state index in [1.165, 1.54) is 25.8 Å². The minimum Gasteiger partial charge on any atom is -0.461 e. The summed E-state index contributed by atoms with van der Waals surface area (Å²) in [6.07, 6.45) is 9.88. The molecule has 0 radical (unpaired) electrons. The molecule has 102 valence electrons. The molecule has 19 heavy (non-hydrogen) atoms. The lowest BCUT2D eigenvalue weighted by Gasteiger charge is -2.55. The zero-order valence-electron chi connectivity index (χ0n) is 11.5. The maximum absolute atomic E-state index is 12.2. The number of rotatable bonds is 0. The molecule has 0 amide bonds. The van der Waals surface area contributed by atoms with E-state index >= 15 is 0 Å². The first-order chi connectivity index (χ1) is 9.19. The molecule has 2 bridgehead atoms. The molecule has 1 unspecified atom stereocenters. The highest BCUT2D eigenvalue weighted by Crippen LogP contribution is 2.77. The van der Waals surface area contributed by atoms with E-state index in [1.807, 2.05) is 0 Å². The number of carbonyl (C=O) groups excluding carboxylic acids is 1.